The molecule has 0 saturated carbocycles. The predicted octanol–water partition coefficient (Wildman–Crippen LogP) is 5.96. The van der Waals surface area contributed by atoms with Crippen LogP contribution in [0.4, 0.5) is 14.4 Å². The minimum atomic E-state index is -4.60. The van der Waals surface area contributed by atoms with E-state index in [1.807, 2.05) is 18.2 Å². The van der Waals surface area contributed by atoms with Gasteiger partial charge in [-0.05, 0) is 37.5 Å². The van der Waals surface area contributed by atoms with Gasteiger partial charge in [-0.3, -0.25) is 29.5 Å². The van der Waals surface area contributed by atoms with Crippen molar-refractivity contribution in [2.45, 2.75) is 59.3 Å². The summed E-state index contributed by atoms with van der Waals surface area (Å²) in [6.45, 7) is 4.05. The molecule has 3 aromatic carbocycles. The number of phosphoric acid groups is 1. The first-order valence-corrected chi connectivity index (χ1v) is 15.1. The summed E-state index contributed by atoms with van der Waals surface area (Å²) >= 11 is 0. The summed E-state index contributed by atoms with van der Waals surface area (Å²) in [7, 11) is -4.60. The molecule has 3 N–H and O–H groups in total. The van der Waals surface area contributed by atoms with Crippen molar-refractivity contribution in [2.24, 2.45) is 0 Å². The molecule has 13 nitrogen and oxygen atoms in total. The van der Waals surface area contributed by atoms with Crippen molar-refractivity contribution in [1.82, 2.24) is 16.0 Å². The van der Waals surface area contributed by atoms with Gasteiger partial charge in [-0.1, -0.05) is 91.0 Å². The van der Waals surface area contributed by atoms with Crippen LogP contribution in [0.2, 0.25) is 0 Å². The Balaban J connectivity index is 1.57. The monoisotopic (exact) mass is 629 g/mol. The fraction of sp³-hybridized carbons (Fsp3) is 0.300. The highest BCUT2D eigenvalue weighted by molar-refractivity contribution is 7.48. The highest BCUT2D eigenvalue weighted by atomic mass is 31.2. The van der Waals surface area contributed by atoms with Gasteiger partial charge in [0.05, 0.1) is 0 Å². The minimum Gasteiger partial charge on any atom is -0.445 e. The molecule has 3 atom stereocenters. The Bertz CT molecular complexity index is 1200. The molecular weight excluding hydrogens is 593 g/mol. The third kappa shape index (κ3) is 13.3. The fourth-order valence-corrected chi connectivity index (χ4v) is 5.00. The van der Waals surface area contributed by atoms with Crippen LogP contribution in [0, 0.1) is 0 Å². The van der Waals surface area contributed by atoms with Crippen LogP contribution in [0.15, 0.2) is 91.0 Å². The molecule has 44 heavy (non-hydrogen) atoms. The highest BCUT2D eigenvalue weighted by Gasteiger charge is 2.36. The molecule has 236 valence electrons. The van der Waals surface area contributed by atoms with E-state index in [1.54, 1.807) is 72.8 Å². The number of ether oxygens (including phenoxy) is 3. The van der Waals surface area contributed by atoms with Crippen LogP contribution in [-0.2, 0) is 52.2 Å². The number of hydrogen-bond donors (Lipinski definition) is 3. The maximum Gasteiger partial charge on any atom is 0.480 e. The second-order valence-corrected chi connectivity index (χ2v) is 10.8. The molecule has 0 heterocycles. The lowest BCUT2D eigenvalue weighted by atomic mass is 10.2. The van der Waals surface area contributed by atoms with Gasteiger partial charge in [-0.2, -0.15) is 0 Å². The molecule has 14 heteroatoms. The molecule has 0 aliphatic rings. The molecule has 0 aliphatic heterocycles. The van der Waals surface area contributed by atoms with Gasteiger partial charge in [0.25, 0.3) is 0 Å². The number of benzene rings is 3. The molecule has 0 aliphatic carbocycles. The van der Waals surface area contributed by atoms with Gasteiger partial charge < -0.3 is 14.2 Å². The number of carbonyl (C=O) groups is 3. The van der Waals surface area contributed by atoms with Crippen LogP contribution in [0.25, 0.3) is 0 Å². The van der Waals surface area contributed by atoms with Crippen molar-refractivity contribution in [3.05, 3.63) is 108 Å². The fourth-order valence-electron chi connectivity index (χ4n) is 3.53. The van der Waals surface area contributed by atoms with Gasteiger partial charge in [0.15, 0.2) is 0 Å². The Morgan fingerprint density at radius 1 is 0.523 bits per heavy atom. The Morgan fingerprint density at radius 2 is 0.773 bits per heavy atom. The molecule has 3 rings (SSSR count). The third-order valence-corrected chi connectivity index (χ3v) is 7.19. The average molecular weight is 630 g/mol. The van der Waals surface area contributed by atoms with Crippen molar-refractivity contribution in [3.8, 4) is 0 Å². The summed E-state index contributed by atoms with van der Waals surface area (Å²) in [5.74, 6) is 0. The van der Waals surface area contributed by atoms with E-state index >= 15 is 0 Å². The number of hydrogen-bond acceptors (Lipinski definition) is 10. The van der Waals surface area contributed by atoms with Crippen LogP contribution >= 0.6 is 7.82 Å². The first kappa shape index (κ1) is 34.1. The van der Waals surface area contributed by atoms with E-state index in [1.165, 1.54) is 20.8 Å². The normalized spacial score (nSPS) is 14.2. The molecule has 3 amide bonds. The number of phosphoric ester groups is 1. The number of amides is 3. The Kier molecular flexibility index (Phi) is 13.7. The molecule has 3 unspecified atom stereocenters. The van der Waals surface area contributed by atoms with E-state index in [9.17, 15) is 18.9 Å². The summed E-state index contributed by atoms with van der Waals surface area (Å²) in [5.41, 5.74) is 2.27. The van der Waals surface area contributed by atoms with Crippen molar-refractivity contribution in [3.63, 3.8) is 0 Å². The standard InChI is InChI=1S/C30H36N3O10P/c1-22(31-28(34)38-19-25-13-7-4-8-14-25)41-44(37,42-23(2)32-29(35)39-20-26-15-9-5-10-16-26)43-24(3)33-30(36)40-21-27-17-11-6-12-18-27/h4-18,22-24H,19-21H2,1-3H3,(H,31,34)(H,32,35)(H,33,36). The van der Waals surface area contributed by atoms with Crippen LogP contribution in [-0.4, -0.2) is 37.0 Å². The van der Waals surface area contributed by atoms with E-state index in [0.29, 0.717) is 0 Å². The van der Waals surface area contributed by atoms with Crippen molar-refractivity contribution < 1.29 is 46.7 Å². The molecule has 0 aromatic heterocycles. The highest BCUT2D eigenvalue weighted by Crippen LogP contribution is 2.52. The summed E-state index contributed by atoms with van der Waals surface area (Å²) in [6.07, 6.45) is -6.34. The number of alkyl carbamates (subject to hydrolysis) is 3. The third-order valence-electron chi connectivity index (χ3n) is 5.46. The number of nitrogens with one attached hydrogen (secondary N) is 3. The summed E-state index contributed by atoms with van der Waals surface area (Å²) in [5, 5.41) is 7.11. The van der Waals surface area contributed by atoms with Gasteiger partial charge in [0.1, 0.15) is 38.5 Å². The van der Waals surface area contributed by atoms with Gasteiger partial charge >= 0.3 is 26.1 Å². The van der Waals surface area contributed by atoms with Crippen molar-refractivity contribution in [1.29, 1.82) is 0 Å². The molecule has 0 spiro atoms. The predicted molar refractivity (Wildman–Crippen MR) is 159 cm³/mol. The zero-order valence-electron chi connectivity index (χ0n) is 24.5. The van der Waals surface area contributed by atoms with Gasteiger partial charge in [0.2, 0.25) is 0 Å². The van der Waals surface area contributed by atoms with E-state index in [2.05, 4.69) is 16.0 Å². The van der Waals surface area contributed by atoms with Crippen LogP contribution < -0.4 is 16.0 Å². The molecule has 0 bridgehead atoms. The first-order valence-electron chi connectivity index (χ1n) is 13.7. The topological polar surface area (TPSA) is 160 Å². The lowest BCUT2D eigenvalue weighted by molar-refractivity contribution is 0.0178. The Hall–Kier alpha value is -4.42. The zero-order chi connectivity index (χ0) is 31.8. The van der Waals surface area contributed by atoms with E-state index in [0.717, 1.165) is 16.7 Å². The maximum absolute atomic E-state index is 13.7. The van der Waals surface area contributed by atoms with Crippen molar-refractivity contribution in [2.75, 3.05) is 0 Å². The quantitative estimate of drug-likeness (QED) is 0.104. The van der Waals surface area contributed by atoms with Crippen molar-refractivity contribution >= 4 is 26.1 Å². The smallest absolute Gasteiger partial charge is 0.445 e. The van der Waals surface area contributed by atoms with E-state index in [4.69, 9.17) is 27.8 Å². The lowest BCUT2D eigenvalue weighted by Gasteiger charge is -2.27. The molecule has 3 aromatic rings. The van der Waals surface area contributed by atoms with E-state index in [-0.39, 0.29) is 19.8 Å². The van der Waals surface area contributed by atoms with Crippen LogP contribution in [0.1, 0.15) is 37.5 Å². The zero-order valence-corrected chi connectivity index (χ0v) is 25.4. The number of carbonyl (C=O) groups excluding carboxylic acids is 3. The SMILES string of the molecule is CC(NC(=O)OCc1ccccc1)OP(=O)(OC(C)NC(=O)OCc1ccccc1)OC(C)NC(=O)OCc1ccccc1. The van der Waals surface area contributed by atoms with Crippen LogP contribution in [0.5, 0.6) is 0 Å². The Labute approximate surface area is 255 Å². The van der Waals surface area contributed by atoms with Crippen LogP contribution in [0.3, 0.4) is 0 Å². The average Bonchev–Trinajstić information content (AvgIpc) is 2.99. The van der Waals surface area contributed by atoms with Gasteiger partial charge in [-0.15, -0.1) is 0 Å². The lowest BCUT2D eigenvalue weighted by Crippen LogP contribution is -2.39. The first-order chi connectivity index (χ1) is 21.1. The summed E-state index contributed by atoms with van der Waals surface area (Å²) < 4.78 is 45.5. The largest absolute Gasteiger partial charge is 0.480 e. The molecule has 0 saturated heterocycles. The summed E-state index contributed by atoms with van der Waals surface area (Å²) in [4.78, 5) is 36.9. The minimum absolute atomic E-state index is 0.0118. The summed E-state index contributed by atoms with van der Waals surface area (Å²) in [6, 6.07) is 26.9. The second kappa shape index (κ2) is 17.6. The van der Waals surface area contributed by atoms with E-state index < -0.39 is 44.8 Å². The molecule has 0 fully saturated rings. The number of rotatable bonds is 15. The Morgan fingerprint density at radius 3 is 1.02 bits per heavy atom. The maximum atomic E-state index is 13.7. The molecule has 0 radical (unpaired) electrons. The van der Waals surface area contributed by atoms with Gasteiger partial charge in [0, 0.05) is 0 Å². The molecular formula is C30H36N3O10P. The second-order valence-electron chi connectivity index (χ2n) is 9.31. The van der Waals surface area contributed by atoms with Gasteiger partial charge in [-0.25, -0.2) is 18.9 Å².